The van der Waals surface area contributed by atoms with Gasteiger partial charge in [-0.2, -0.15) is 9.50 Å². The second-order valence-electron chi connectivity index (χ2n) is 5.97. The quantitative estimate of drug-likeness (QED) is 0.514. The fourth-order valence-corrected chi connectivity index (χ4v) is 3.71. The molecule has 0 atom stereocenters. The molecule has 0 spiro atoms. The fraction of sp³-hybridized carbons (Fsp3) is 0.150. The van der Waals surface area contributed by atoms with E-state index in [2.05, 4.69) is 17.0 Å². The third kappa shape index (κ3) is 3.72. The van der Waals surface area contributed by atoms with Crippen LogP contribution in [0.15, 0.2) is 53.3 Å². The predicted molar refractivity (Wildman–Crippen MR) is 109 cm³/mol. The highest BCUT2D eigenvalue weighted by atomic mass is 35.5. The van der Waals surface area contributed by atoms with Gasteiger partial charge in [0.05, 0.1) is 11.1 Å². The molecule has 4 aromatic rings. The molecule has 27 heavy (non-hydrogen) atoms. The van der Waals surface area contributed by atoms with E-state index in [1.807, 2.05) is 42.5 Å². The van der Waals surface area contributed by atoms with E-state index in [0.717, 1.165) is 23.3 Å². The van der Waals surface area contributed by atoms with Crippen molar-refractivity contribution in [3.63, 3.8) is 0 Å². The number of thiazole rings is 1. The molecule has 0 saturated heterocycles. The summed E-state index contributed by atoms with van der Waals surface area (Å²) in [7, 11) is 0. The van der Waals surface area contributed by atoms with E-state index < -0.39 is 0 Å². The molecule has 0 N–H and O–H groups in total. The first kappa shape index (κ1) is 17.7. The molecule has 2 aromatic heterocycles. The van der Waals surface area contributed by atoms with Crippen LogP contribution < -0.4 is 14.8 Å². The van der Waals surface area contributed by atoms with Crippen LogP contribution in [0.4, 0.5) is 0 Å². The molecule has 0 saturated carbocycles. The summed E-state index contributed by atoms with van der Waals surface area (Å²) in [6.45, 7) is 2.76. The number of halogens is 1. The first-order valence-corrected chi connectivity index (χ1v) is 9.73. The zero-order valence-electron chi connectivity index (χ0n) is 14.6. The number of hydrogen-bond donors (Lipinski definition) is 0. The topological polar surface area (TPSA) is 56.5 Å². The second kappa shape index (κ2) is 7.50. The molecule has 5 nitrogen and oxygen atoms in total. The molecule has 7 heteroatoms. The minimum atomic E-state index is -0.179. The van der Waals surface area contributed by atoms with Gasteiger partial charge in [-0.1, -0.05) is 54.1 Å². The molecular formula is C20H16ClN3O2S. The summed E-state index contributed by atoms with van der Waals surface area (Å²) in [5.74, 6) is 1.31. The molecule has 136 valence electrons. The maximum Gasteiger partial charge on any atom is 0.291 e. The smallest absolute Gasteiger partial charge is 0.291 e. The van der Waals surface area contributed by atoms with Crippen molar-refractivity contribution in [2.24, 2.45) is 0 Å². The molecule has 4 rings (SSSR count). The lowest BCUT2D eigenvalue weighted by atomic mass is 10.2. The van der Waals surface area contributed by atoms with Crippen molar-refractivity contribution < 1.29 is 4.74 Å². The third-order valence-electron chi connectivity index (χ3n) is 3.92. The predicted octanol–water partition coefficient (Wildman–Crippen LogP) is 3.81. The zero-order valence-corrected chi connectivity index (χ0v) is 16.1. The van der Waals surface area contributed by atoms with Crippen molar-refractivity contribution >= 4 is 34.0 Å². The highest BCUT2D eigenvalue weighted by molar-refractivity contribution is 7.15. The number of nitrogens with zero attached hydrogens (tertiary/aromatic N) is 3. The second-order valence-corrected chi connectivity index (χ2v) is 7.42. The van der Waals surface area contributed by atoms with E-state index in [-0.39, 0.29) is 5.56 Å². The Labute approximate surface area is 164 Å². The van der Waals surface area contributed by atoms with Crippen LogP contribution in [-0.2, 0) is 0 Å². The minimum absolute atomic E-state index is 0.179. The van der Waals surface area contributed by atoms with Crippen molar-refractivity contribution in [3.05, 3.63) is 74.0 Å². The average Bonchev–Trinajstić information content (AvgIpc) is 3.21. The molecule has 0 fully saturated rings. The van der Waals surface area contributed by atoms with Crippen LogP contribution in [0.5, 0.6) is 5.75 Å². The van der Waals surface area contributed by atoms with Crippen LogP contribution in [0.3, 0.4) is 0 Å². The van der Waals surface area contributed by atoms with E-state index in [4.69, 9.17) is 16.3 Å². The van der Waals surface area contributed by atoms with Crippen molar-refractivity contribution in [1.29, 1.82) is 0 Å². The Balaban J connectivity index is 1.67. The first-order valence-electron chi connectivity index (χ1n) is 8.54. The number of hydrogen-bond acceptors (Lipinski definition) is 5. The first-order chi connectivity index (χ1) is 13.1. The van der Waals surface area contributed by atoms with E-state index >= 15 is 0 Å². The SMILES string of the molecule is CCCOc1ccc(C=c2sc3nc(-c4cccc(Cl)c4)nn3c2=O)cc1. The van der Waals surface area contributed by atoms with E-state index in [1.54, 1.807) is 12.1 Å². The molecule has 2 aromatic carbocycles. The van der Waals surface area contributed by atoms with Crippen LogP contribution in [0.2, 0.25) is 5.02 Å². The summed E-state index contributed by atoms with van der Waals surface area (Å²) in [5, 5.41) is 4.94. The van der Waals surface area contributed by atoms with Crippen LogP contribution in [0.1, 0.15) is 18.9 Å². The van der Waals surface area contributed by atoms with Gasteiger partial charge in [0, 0.05) is 10.6 Å². The van der Waals surface area contributed by atoms with Crippen molar-refractivity contribution in [2.75, 3.05) is 6.61 Å². The van der Waals surface area contributed by atoms with Gasteiger partial charge in [-0.15, -0.1) is 5.10 Å². The maximum atomic E-state index is 12.6. The Kier molecular flexibility index (Phi) is 4.92. The van der Waals surface area contributed by atoms with E-state index in [1.165, 1.54) is 15.9 Å². The largest absolute Gasteiger partial charge is 0.494 e. The summed E-state index contributed by atoms with van der Waals surface area (Å²) in [6, 6.07) is 14.9. The van der Waals surface area contributed by atoms with Gasteiger partial charge >= 0.3 is 0 Å². The Morgan fingerprint density at radius 3 is 2.74 bits per heavy atom. The van der Waals surface area contributed by atoms with Crippen LogP contribution in [-0.4, -0.2) is 21.2 Å². The molecular weight excluding hydrogens is 382 g/mol. The number of benzene rings is 2. The number of aromatic nitrogens is 3. The van der Waals surface area contributed by atoms with E-state index in [9.17, 15) is 4.79 Å². The van der Waals surface area contributed by atoms with Gasteiger partial charge in [-0.25, -0.2) is 0 Å². The van der Waals surface area contributed by atoms with Gasteiger partial charge in [0.2, 0.25) is 4.96 Å². The van der Waals surface area contributed by atoms with Crippen LogP contribution >= 0.6 is 22.9 Å². The lowest BCUT2D eigenvalue weighted by molar-refractivity contribution is 0.317. The van der Waals surface area contributed by atoms with Crippen molar-refractivity contribution in [1.82, 2.24) is 14.6 Å². The highest BCUT2D eigenvalue weighted by Gasteiger charge is 2.12. The van der Waals surface area contributed by atoms with Crippen LogP contribution in [0.25, 0.3) is 22.4 Å². The Bertz CT molecular complexity index is 1200. The fourth-order valence-electron chi connectivity index (χ4n) is 2.62. The van der Waals surface area contributed by atoms with Gasteiger partial charge in [0.15, 0.2) is 5.82 Å². The number of rotatable bonds is 5. The maximum absolute atomic E-state index is 12.6. The zero-order chi connectivity index (χ0) is 18.8. The molecule has 0 unspecified atom stereocenters. The van der Waals surface area contributed by atoms with E-state index in [0.29, 0.717) is 26.9 Å². The molecule has 0 radical (unpaired) electrons. The average molecular weight is 398 g/mol. The summed E-state index contributed by atoms with van der Waals surface area (Å²) < 4.78 is 7.50. The highest BCUT2D eigenvalue weighted by Crippen LogP contribution is 2.20. The van der Waals surface area contributed by atoms with Gasteiger partial charge in [0.1, 0.15) is 5.75 Å². The Morgan fingerprint density at radius 1 is 1.22 bits per heavy atom. The molecule has 0 aliphatic heterocycles. The normalized spacial score (nSPS) is 12.0. The van der Waals surface area contributed by atoms with Crippen molar-refractivity contribution in [3.8, 4) is 17.1 Å². The van der Waals surface area contributed by atoms with Gasteiger partial charge in [-0.05, 0) is 42.3 Å². The monoisotopic (exact) mass is 397 g/mol. The minimum Gasteiger partial charge on any atom is -0.494 e. The Morgan fingerprint density at radius 2 is 2.04 bits per heavy atom. The lowest BCUT2D eigenvalue weighted by Crippen LogP contribution is -2.23. The van der Waals surface area contributed by atoms with Crippen molar-refractivity contribution in [2.45, 2.75) is 13.3 Å². The number of ether oxygens (including phenoxy) is 1. The summed E-state index contributed by atoms with van der Waals surface area (Å²) in [4.78, 5) is 17.7. The molecule has 0 amide bonds. The third-order valence-corrected chi connectivity index (χ3v) is 5.11. The lowest BCUT2D eigenvalue weighted by Gasteiger charge is -2.03. The van der Waals surface area contributed by atoms with Gasteiger partial charge < -0.3 is 4.74 Å². The summed E-state index contributed by atoms with van der Waals surface area (Å²) >= 11 is 7.33. The number of fused-ring (bicyclic) bond motifs is 1. The standard InChI is InChI=1S/C20H16ClN3O2S/c1-2-10-26-16-8-6-13(7-9-16)11-17-19(25)24-20(27-17)22-18(23-24)14-4-3-5-15(21)12-14/h3-9,11-12H,2,10H2,1H3. The van der Waals surface area contributed by atoms with Gasteiger partial charge in [0.25, 0.3) is 5.56 Å². The molecule has 2 heterocycles. The molecule has 0 bridgehead atoms. The molecule has 0 aliphatic carbocycles. The van der Waals surface area contributed by atoms with Crippen LogP contribution in [0, 0.1) is 0 Å². The van der Waals surface area contributed by atoms with Gasteiger partial charge in [-0.3, -0.25) is 4.79 Å². The molecule has 0 aliphatic rings. The summed E-state index contributed by atoms with van der Waals surface area (Å²) in [6.07, 6.45) is 2.80. The Hall–Kier alpha value is -2.70. The summed E-state index contributed by atoms with van der Waals surface area (Å²) in [5.41, 5.74) is 1.53.